The molecule has 106 valence electrons. The fourth-order valence-corrected chi connectivity index (χ4v) is 1.50. The Morgan fingerprint density at radius 3 is 2.75 bits per heavy atom. The average Bonchev–Trinajstić information content (AvgIpc) is 2.39. The van der Waals surface area contributed by atoms with E-state index in [2.05, 4.69) is 4.98 Å². The summed E-state index contributed by atoms with van der Waals surface area (Å²) in [5.41, 5.74) is 6.23. The van der Waals surface area contributed by atoms with Gasteiger partial charge in [0.1, 0.15) is 11.6 Å². The molecule has 0 radical (unpaired) electrons. The van der Waals surface area contributed by atoms with Crippen molar-refractivity contribution in [2.45, 2.75) is 13.8 Å². The molecule has 0 unspecified atom stereocenters. The lowest BCUT2D eigenvalue weighted by Gasteiger charge is -2.11. The van der Waals surface area contributed by atoms with E-state index in [1.165, 1.54) is 12.1 Å². The third-order valence-electron chi connectivity index (χ3n) is 2.44. The maximum atomic E-state index is 13.1. The summed E-state index contributed by atoms with van der Waals surface area (Å²) in [4.78, 5) is 4.18. The number of hydrogen-bond donors (Lipinski definition) is 1. The second-order valence-electron chi connectivity index (χ2n) is 4.81. The predicted octanol–water partition coefficient (Wildman–Crippen LogP) is 3.63. The van der Waals surface area contributed by atoms with Crippen LogP contribution in [0.15, 0.2) is 36.4 Å². The van der Waals surface area contributed by atoms with Gasteiger partial charge in [0.25, 0.3) is 0 Å². The second kappa shape index (κ2) is 6.23. The van der Waals surface area contributed by atoms with E-state index >= 15 is 0 Å². The summed E-state index contributed by atoms with van der Waals surface area (Å²) in [5.74, 6) is 1.01. The number of nitrogens with zero attached hydrogens (tertiary/aromatic N) is 1. The third kappa shape index (κ3) is 3.85. The van der Waals surface area contributed by atoms with Crippen molar-refractivity contribution >= 4 is 5.69 Å². The van der Waals surface area contributed by atoms with Crippen LogP contribution in [0.1, 0.15) is 13.8 Å². The fraction of sp³-hybridized carbons (Fsp3) is 0.267. The summed E-state index contributed by atoms with van der Waals surface area (Å²) < 4.78 is 24.1. The zero-order chi connectivity index (χ0) is 14.5. The largest absolute Gasteiger partial charge is 0.476 e. The SMILES string of the molecule is CC(C)COc1nc(Oc2cccc(F)c2)ccc1N. The van der Waals surface area contributed by atoms with Gasteiger partial charge in [-0.05, 0) is 24.1 Å². The molecule has 0 aliphatic heterocycles. The number of rotatable bonds is 5. The molecule has 0 amide bonds. The van der Waals surface area contributed by atoms with Crippen LogP contribution in [0.5, 0.6) is 17.5 Å². The summed E-state index contributed by atoms with van der Waals surface area (Å²) >= 11 is 0. The highest BCUT2D eigenvalue weighted by Gasteiger charge is 2.07. The Morgan fingerprint density at radius 1 is 1.25 bits per heavy atom. The van der Waals surface area contributed by atoms with E-state index in [1.54, 1.807) is 24.3 Å². The van der Waals surface area contributed by atoms with Crippen molar-refractivity contribution in [2.75, 3.05) is 12.3 Å². The van der Waals surface area contributed by atoms with Crippen LogP contribution in [-0.2, 0) is 0 Å². The van der Waals surface area contributed by atoms with E-state index in [0.29, 0.717) is 35.7 Å². The van der Waals surface area contributed by atoms with E-state index in [9.17, 15) is 4.39 Å². The number of pyridine rings is 1. The Kier molecular flexibility index (Phi) is 4.40. The van der Waals surface area contributed by atoms with E-state index in [-0.39, 0.29) is 5.82 Å². The number of ether oxygens (including phenoxy) is 2. The van der Waals surface area contributed by atoms with Crippen LogP contribution in [0.2, 0.25) is 0 Å². The van der Waals surface area contributed by atoms with Crippen LogP contribution in [0.3, 0.4) is 0 Å². The number of nitrogen functional groups attached to an aromatic ring is 1. The molecule has 1 aromatic carbocycles. The summed E-state index contributed by atoms with van der Waals surface area (Å²) in [5, 5.41) is 0. The van der Waals surface area contributed by atoms with Crippen LogP contribution in [-0.4, -0.2) is 11.6 Å². The quantitative estimate of drug-likeness (QED) is 0.906. The molecular weight excluding hydrogens is 259 g/mol. The first-order valence-corrected chi connectivity index (χ1v) is 6.37. The monoisotopic (exact) mass is 276 g/mol. The van der Waals surface area contributed by atoms with Gasteiger partial charge in [0, 0.05) is 12.1 Å². The molecule has 1 heterocycles. The molecule has 0 spiro atoms. The van der Waals surface area contributed by atoms with Gasteiger partial charge in [-0.2, -0.15) is 4.98 Å². The lowest BCUT2D eigenvalue weighted by Crippen LogP contribution is -2.07. The average molecular weight is 276 g/mol. The van der Waals surface area contributed by atoms with Gasteiger partial charge in [0.15, 0.2) is 0 Å². The van der Waals surface area contributed by atoms with Crippen molar-refractivity contribution in [2.24, 2.45) is 5.92 Å². The number of halogens is 1. The second-order valence-corrected chi connectivity index (χ2v) is 4.81. The topological polar surface area (TPSA) is 57.4 Å². The molecular formula is C15H17FN2O2. The third-order valence-corrected chi connectivity index (χ3v) is 2.44. The number of aromatic nitrogens is 1. The minimum Gasteiger partial charge on any atom is -0.476 e. The molecule has 2 N–H and O–H groups in total. The molecule has 2 aromatic rings. The Hall–Kier alpha value is -2.30. The van der Waals surface area contributed by atoms with Gasteiger partial charge >= 0.3 is 0 Å². The minimum absolute atomic E-state index is 0.309. The van der Waals surface area contributed by atoms with Crippen molar-refractivity contribution < 1.29 is 13.9 Å². The van der Waals surface area contributed by atoms with Crippen LogP contribution in [0.4, 0.5) is 10.1 Å². The lowest BCUT2D eigenvalue weighted by molar-refractivity contribution is 0.260. The summed E-state index contributed by atoms with van der Waals surface area (Å²) in [7, 11) is 0. The molecule has 0 bridgehead atoms. The molecule has 2 rings (SSSR count). The molecule has 0 fully saturated rings. The maximum Gasteiger partial charge on any atom is 0.240 e. The van der Waals surface area contributed by atoms with Gasteiger partial charge in [-0.15, -0.1) is 0 Å². The molecule has 0 saturated heterocycles. The maximum absolute atomic E-state index is 13.1. The standard InChI is InChI=1S/C15H17FN2O2/c1-10(2)9-19-15-13(17)6-7-14(18-15)20-12-5-3-4-11(16)8-12/h3-8,10H,9,17H2,1-2H3. The normalized spacial score (nSPS) is 10.6. The summed E-state index contributed by atoms with van der Waals surface area (Å²) in [6, 6.07) is 9.11. The Balaban J connectivity index is 2.14. The highest BCUT2D eigenvalue weighted by Crippen LogP contribution is 2.26. The molecule has 0 saturated carbocycles. The lowest BCUT2D eigenvalue weighted by atomic mass is 10.2. The molecule has 5 heteroatoms. The zero-order valence-electron chi connectivity index (χ0n) is 11.5. The van der Waals surface area contributed by atoms with Crippen LogP contribution < -0.4 is 15.2 Å². The Labute approximate surface area is 117 Å². The van der Waals surface area contributed by atoms with Gasteiger partial charge in [0.2, 0.25) is 11.8 Å². The van der Waals surface area contributed by atoms with Gasteiger partial charge < -0.3 is 15.2 Å². The van der Waals surface area contributed by atoms with Crippen molar-refractivity contribution in [3.8, 4) is 17.5 Å². The zero-order valence-corrected chi connectivity index (χ0v) is 11.5. The van der Waals surface area contributed by atoms with Crippen LogP contribution in [0.25, 0.3) is 0 Å². The van der Waals surface area contributed by atoms with Gasteiger partial charge in [-0.3, -0.25) is 0 Å². The number of nitrogens with two attached hydrogens (primary N) is 1. The molecule has 1 aromatic heterocycles. The number of benzene rings is 1. The van der Waals surface area contributed by atoms with Gasteiger partial charge in [0.05, 0.1) is 12.3 Å². The first kappa shape index (κ1) is 14.1. The Morgan fingerprint density at radius 2 is 2.05 bits per heavy atom. The smallest absolute Gasteiger partial charge is 0.240 e. The van der Waals surface area contributed by atoms with Crippen molar-refractivity contribution in [3.05, 3.63) is 42.2 Å². The Bertz CT molecular complexity index is 588. The van der Waals surface area contributed by atoms with Crippen molar-refractivity contribution in [1.82, 2.24) is 4.98 Å². The molecule has 0 aliphatic rings. The van der Waals surface area contributed by atoms with E-state index in [4.69, 9.17) is 15.2 Å². The van der Waals surface area contributed by atoms with Crippen LogP contribution >= 0.6 is 0 Å². The summed E-state index contributed by atoms with van der Waals surface area (Å²) in [6.45, 7) is 4.58. The van der Waals surface area contributed by atoms with Crippen molar-refractivity contribution in [3.63, 3.8) is 0 Å². The van der Waals surface area contributed by atoms with E-state index in [0.717, 1.165) is 0 Å². The highest BCUT2D eigenvalue weighted by atomic mass is 19.1. The van der Waals surface area contributed by atoms with E-state index in [1.807, 2.05) is 13.8 Å². The number of hydrogen-bond acceptors (Lipinski definition) is 4. The number of anilines is 1. The molecule has 0 atom stereocenters. The molecule has 20 heavy (non-hydrogen) atoms. The fourth-order valence-electron chi connectivity index (χ4n) is 1.50. The minimum atomic E-state index is -0.366. The predicted molar refractivity (Wildman–Crippen MR) is 75.5 cm³/mol. The highest BCUT2D eigenvalue weighted by molar-refractivity contribution is 5.49. The summed E-state index contributed by atoms with van der Waals surface area (Å²) in [6.07, 6.45) is 0. The van der Waals surface area contributed by atoms with Gasteiger partial charge in [-0.25, -0.2) is 4.39 Å². The molecule has 0 aliphatic carbocycles. The van der Waals surface area contributed by atoms with E-state index < -0.39 is 0 Å². The first-order valence-electron chi connectivity index (χ1n) is 6.37. The van der Waals surface area contributed by atoms with Crippen LogP contribution in [0, 0.1) is 11.7 Å². The van der Waals surface area contributed by atoms with Crippen molar-refractivity contribution in [1.29, 1.82) is 0 Å². The first-order chi connectivity index (χ1) is 9.54. The molecule has 4 nitrogen and oxygen atoms in total. The van der Waals surface area contributed by atoms with Gasteiger partial charge in [-0.1, -0.05) is 19.9 Å².